The van der Waals surface area contributed by atoms with Gasteiger partial charge in [0.05, 0.1) is 13.2 Å². The summed E-state index contributed by atoms with van der Waals surface area (Å²) in [5.41, 5.74) is 1.52. The highest BCUT2D eigenvalue weighted by molar-refractivity contribution is 5.95. The molecule has 3 aliphatic rings. The molecule has 4 rings (SSSR count). The van der Waals surface area contributed by atoms with Gasteiger partial charge in [0, 0.05) is 44.8 Å². The number of piperidine rings is 1. The monoisotopic (exact) mass is 414 g/mol. The zero-order chi connectivity index (χ0) is 20.9. The van der Waals surface area contributed by atoms with Gasteiger partial charge in [-0.25, -0.2) is 0 Å². The molecule has 8 heteroatoms. The summed E-state index contributed by atoms with van der Waals surface area (Å²) in [6.45, 7) is 5.95. The van der Waals surface area contributed by atoms with E-state index in [9.17, 15) is 14.4 Å². The van der Waals surface area contributed by atoms with Gasteiger partial charge in [0.25, 0.3) is 5.91 Å². The molecule has 1 atom stereocenters. The number of carbonyl (C=O) groups excluding carboxylic acids is 3. The number of hydrogen-bond acceptors (Lipinski definition) is 5. The summed E-state index contributed by atoms with van der Waals surface area (Å²) >= 11 is 0. The van der Waals surface area contributed by atoms with Crippen LogP contribution in [0.15, 0.2) is 24.3 Å². The fraction of sp³-hybridized carbons (Fsp3) is 0.591. The Morgan fingerprint density at radius 3 is 2.60 bits per heavy atom. The van der Waals surface area contributed by atoms with Gasteiger partial charge in [-0.05, 0) is 37.0 Å². The molecule has 3 heterocycles. The van der Waals surface area contributed by atoms with Crippen LogP contribution in [0.25, 0.3) is 0 Å². The van der Waals surface area contributed by atoms with Crippen LogP contribution in [0.1, 0.15) is 35.2 Å². The molecule has 0 unspecified atom stereocenters. The second kappa shape index (κ2) is 9.57. The molecule has 1 aromatic carbocycles. The third kappa shape index (κ3) is 4.82. The highest BCUT2D eigenvalue weighted by Gasteiger charge is 2.40. The van der Waals surface area contributed by atoms with Crippen molar-refractivity contribution in [1.29, 1.82) is 0 Å². The lowest BCUT2D eigenvalue weighted by Crippen LogP contribution is -2.60. The summed E-state index contributed by atoms with van der Waals surface area (Å²) in [4.78, 5) is 43.2. The van der Waals surface area contributed by atoms with Crippen molar-refractivity contribution in [3.05, 3.63) is 35.4 Å². The van der Waals surface area contributed by atoms with Gasteiger partial charge in [-0.2, -0.15) is 0 Å². The Labute approximate surface area is 177 Å². The van der Waals surface area contributed by atoms with Crippen molar-refractivity contribution >= 4 is 17.7 Å². The number of ether oxygens (including phenoxy) is 1. The highest BCUT2D eigenvalue weighted by Crippen LogP contribution is 2.24. The Kier molecular flexibility index (Phi) is 6.64. The van der Waals surface area contributed by atoms with Gasteiger partial charge in [-0.3, -0.25) is 19.3 Å². The van der Waals surface area contributed by atoms with Crippen LogP contribution in [0.2, 0.25) is 0 Å². The summed E-state index contributed by atoms with van der Waals surface area (Å²) in [7, 11) is 0. The minimum atomic E-state index is -0.295. The van der Waals surface area contributed by atoms with E-state index in [2.05, 4.69) is 10.2 Å². The Balaban J connectivity index is 1.28. The van der Waals surface area contributed by atoms with E-state index in [0.717, 1.165) is 57.7 Å². The van der Waals surface area contributed by atoms with Gasteiger partial charge >= 0.3 is 0 Å². The molecule has 0 aromatic heterocycles. The quantitative estimate of drug-likeness (QED) is 0.732. The summed E-state index contributed by atoms with van der Waals surface area (Å²) in [6.07, 6.45) is 2.72. The van der Waals surface area contributed by atoms with Crippen LogP contribution in [0, 0.1) is 0 Å². The normalized spacial score (nSPS) is 22.7. The number of nitrogens with zero attached hydrogens (tertiary/aromatic N) is 3. The zero-order valence-electron chi connectivity index (χ0n) is 17.3. The number of fused-ring (bicyclic) bond motifs is 1. The Morgan fingerprint density at radius 1 is 1.07 bits per heavy atom. The van der Waals surface area contributed by atoms with Crippen molar-refractivity contribution in [3.63, 3.8) is 0 Å². The topological polar surface area (TPSA) is 82.2 Å². The number of amides is 3. The number of benzene rings is 1. The van der Waals surface area contributed by atoms with Gasteiger partial charge in [0.15, 0.2) is 0 Å². The van der Waals surface area contributed by atoms with E-state index in [1.54, 1.807) is 21.9 Å². The van der Waals surface area contributed by atoms with Crippen molar-refractivity contribution in [2.45, 2.75) is 31.8 Å². The van der Waals surface area contributed by atoms with Crippen molar-refractivity contribution < 1.29 is 19.1 Å². The average molecular weight is 415 g/mol. The van der Waals surface area contributed by atoms with Crippen LogP contribution in [-0.2, 0) is 20.9 Å². The average Bonchev–Trinajstić information content (AvgIpc) is 2.78. The number of nitrogens with one attached hydrogen (secondary N) is 1. The first-order valence-electron chi connectivity index (χ1n) is 10.9. The lowest BCUT2D eigenvalue weighted by atomic mass is 9.98. The molecule has 3 fully saturated rings. The molecule has 1 N–H and O–H groups in total. The number of rotatable bonds is 6. The van der Waals surface area contributed by atoms with E-state index in [-0.39, 0.29) is 30.3 Å². The number of piperazine rings is 1. The standard InChI is InChI=1S/C22H30N4O4/c27-20-16-25(22(29)19-3-1-2-9-26(19)20)15-17-4-6-18(7-5-17)21(28)23-8-10-24-11-13-30-14-12-24/h4-7,19H,1-3,8-16H2,(H,23,28)/t19-/m0/s1. The van der Waals surface area contributed by atoms with E-state index in [1.807, 2.05) is 12.1 Å². The maximum absolute atomic E-state index is 12.8. The van der Waals surface area contributed by atoms with Crippen molar-refractivity contribution in [2.24, 2.45) is 0 Å². The Morgan fingerprint density at radius 2 is 1.83 bits per heavy atom. The smallest absolute Gasteiger partial charge is 0.251 e. The number of morpholine rings is 1. The zero-order valence-corrected chi connectivity index (χ0v) is 17.3. The van der Waals surface area contributed by atoms with Crippen LogP contribution in [0.4, 0.5) is 0 Å². The first-order valence-corrected chi connectivity index (χ1v) is 10.9. The van der Waals surface area contributed by atoms with Gasteiger partial charge in [0.2, 0.25) is 11.8 Å². The van der Waals surface area contributed by atoms with Crippen LogP contribution < -0.4 is 5.32 Å². The molecule has 0 radical (unpaired) electrons. The van der Waals surface area contributed by atoms with E-state index < -0.39 is 0 Å². The summed E-state index contributed by atoms with van der Waals surface area (Å²) < 4.78 is 5.33. The molecule has 0 aliphatic carbocycles. The fourth-order valence-electron chi connectivity index (χ4n) is 4.40. The first kappa shape index (κ1) is 20.8. The molecule has 0 bridgehead atoms. The fourth-order valence-corrected chi connectivity index (χ4v) is 4.40. The van der Waals surface area contributed by atoms with Gasteiger partial charge in [0.1, 0.15) is 12.6 Å². The van der Waals surface area contributed by atoms with E-state index in [4.69, 9.17) is 4.74 Å². The Hall–Kier alpha value is -2.45. The summed E-state index contributed by atoms with van der Waals surface area (Å²) in [5.74, 6) is -0.0216. The SMILES string of the molecule is O=C(NCCN1CCOCC1)c1ccc(CN2CC(=O)N3CCCC[C@H]3C2=O)cc1. The van der Waals surface area contributed by atoms with Crippen LogP contribution >= 0.6 is 0 Å². The van der Waals surface area contributed by atoms with Gasteiger partial charge in [-0.15, -0.1) is 0 Å². The third-order valence-corrected chi connectivity index (χ3v) is 6.15. The molecule has 3 saturated heterocycles. The second-order valence-corrected chi connectivity index (χ2v) is 8.20. The molecule has 0 spiro atoms. The molecule has 1 aromatic rings. The molecule has 30 heavy (non-hydrogen) atoms. The molecule has 162 valence electrons. The predicted molar refractivity (Wildman–Crippen MR) is 111 cm³/mol. The number of hydrogen-bond donors (Lipinski definition) is 1. The van der Waals surface area contributed by atoms with Crippen molar-refractivity contribution in [3.8, 4) is 0 Å². The molecular weight excluding hydrogens is 384 g/mol. The second-order valence-electron chi connectivity index (χ2n) is 8.20. The summed E-state index contributed by atoms with van der Waals surface area (Å²) in [6, 6.07) is 6.99. The number of carbonyl (C=O) groups is 3. The van der Waals surface area contributed by atoms with Gasteiger partial charge in [-0.1, -0.05) is 12.1 Å². The molecular formula is C22H30N4O4. The third-order valence-electron chi connectivity index (χ3n) is 6.15. The largest absolute Gasteiger partial charge is 0.379 e. The van der Waals surface area contributed by atoms with Gasteiger partial charge < -0.3 is 19.9 Å². The molecule has 0 saturated carbocycles. The summed E-state index contributed by atoms with van der Waals surface area (Å²) in [5, 5.41) is 2.95. The Bertz CT molecular complexity index is 776. The maximum Gasteiger partial charge on any atom is 0.251 e. The van der Waals surface area contributed by atoms with E-state index in [1.165, 1.54) is 0 Å². The predicted octanol–water partition coefficient (Wildman–Crippen LogP) is 0.472. The molecule has 3 amide bonds. The van der Waals surface area contributed by atoms with E-state index >= 15 is 0 Å². The highest BCUT2D eigenvalue weighted by atomic mass is 16.5. The molecule has 8 nitrogen and oxygen atoms in total. The lowest BCUT2D eigenvalue weighted by Gasteiger charge is -2.42. The maximum atomic E-state index is 12.8. The lowest BCUT2D eigenvalue weighted by molar-refractivity contribution is -0.158. The van der Waals surface area contributed by atoms with Crippen LogP contribution in [0.3, 0.4) is 0 Å². The van der Waals surface area contributed by atoms with E-state index in [0.29, 0.717) is 25.2 Å². The minimum absolute atomic E-state index is 0.0376. The molecule has 3 aliphatic heterocycles. The minimum Gasteiger partial charge on any atom is -0.379 e. The van der Waals surface area contributed by atoms with Crippen molar-refractivity contribution in [2.75, 3.05) is 52.5 Å². The van der Waals surface area contributed by atoms with Crippen molar-refractivity contribution in [1.82, 2.24) is 20.0 Å². The van der Waals surface area contributed by atoms with Crippen LogP contribution in [-0.4, -0.2) is 90.9 Å². The van der Waals surface area contributed by atoms with Crippen LogP contribution in [0.5, 0.6) is 0 Å². The first-order chi connectivity index (χ1) is 14.6.